The van der Waals surface area contributed by atoms with Crippen molar-refractivity contribution in [3.8, 4) is 0 Å². The second kappa shape index (κ2) is 6.03. The maximum absolute atomic E-state index is 13.0. The minimum atomic E-state index is -0.677. The van der Waals surface area contributed by atoms with Crippen molar-refractivity contribution >= 4 is 5.78 Å². The van der Waals surface area contributed by atoms with Crippen molar-refractivity contribution in [1.29, 1.82) is 0 Å². The van der Waals surface area contributed by atoms with Crippen LogP contribution in [-0.2, 0) is 9.53 Å². The Morgan fingerprint density at radius 3 is 2.48 bits per heavy atom. The van der Waals surface area contributed by atoms with Gasteiger partial charge in [0.15, 0.2) is 5.78 Å². The van der Waals surface area contributed by atoms with Gasteiger partial charge in [0.25, 0.3) is 0 Å². The molecule has 1 aromatic rings. The molecule has 1 N–H and O–H groups in total. The highest BCUT2D eigenvalue weighted by molar-refractivity contribution is 5.93. The number of benzene rings is 1. The van der Waals surface area contributed by atoms with Gasteiger partial charge in [-0.15, -0.1) is 0 Å². The highest BCUT2D eigenvalue weighted by Crippen LogP contribution is 2.55. The Kier molecular flexibility index (Phi) is 4.37. The van der Waals surface area contributed by atoms with Gasteiger partial charge in [-0.25, -0.2) is 0 Å². The number of rotatable bonds is 4. The molecule has 2 fully saturated rings. The van der Waals surface area contributed by atoms with E-state index in [-0.39, 0.29) is 17.8 Å². The van der Waals surface area contributed by atoms with Crippen LogP contribution < -0.4 is 5.32 Å². The molecule has 5 unspecified atom stereocenters. The normalized spacial score (nSPS) is 37.0. The topological polar surface area (TPSA) is 38.3 Å². The maximum atomic E-state index is 13.0. The summed E-state index contributed by atoms with van der Waals surface area (Å²) in [4.78, 5) is 13.0. The molecule has 0 spiro atoms. The van der Waals surface area contributed by atoms with Gasteiger partial charge in [-0.2, -0.15) is 0 Å². The van der Waals surface area contributed by atoms with Crippen LogP contribution in [0.3, 0.4) is 0 Å². The smallest absolute Gasteiger partial charge is 0.169 e. The molecule has 1 saturated carbocycles. The van der Waals surface area contributed by atoms with Crippen molar-refractivity contribution in [1.82, 2.24) is 5.32 Å². The zero-order chi connectivity index (χ0) is 16.8. The van der Waals surface area contributed by atoms with Gasteiger partial charge >= 0.3 is 0 Å². The number of Topliss-reactive ketones (excluding diaryl/α,β-unsaturated/α-hetero) is 1. The number of carbonyl (C=O) groups is 1. The van der Waals surface area contributed by atoms with E-state index in [1.165, 1.54) is 11.1 Å². The second-order valence-electron chi connectivity index (χ2n) is 7.89. The lowest BCUT2D eigenvalue weighted by Gasteiger charge is -2.37. The number of ketones is 1. The quantitative estimate of drug-likeness (QED) is 0.924. The summed E-state index contributed by atoms with van der Waals surface area (Å²) in [5.41, 5.74) is 1.97. The van der Waals surface area contributed by atoms with Crippen LogP contribution in [0.2, 0.25) is 0 Å². The van der Waals surface area contributed by atoms with Crippen molar-refractivity contribution in [2.24, 2.45) is 11.8 Å². The van der Waals surface area contributed by atoms with Crippen LogP contribution in [0.4, 0.5) is 0 Å². The van der Waals surface area contributed by atoms with Gasteiger partial charge in [-0.3, -0.25) is 4.79 Å². The lowest BCUT2D eigenvalue weighted by molar-refractivity contribution is -0.156. The number of morpholine rings is 1. The summed E-state index contributed by atoms with van der Waals surface area (Å²) in [5, 5.41) is 3.33. The minimum absolute atomic E-state index is 0.0931. The molecular weight excluding hydrogens is 286 g/mol. The Morgan fingerprint density at radius 1 is 1.26 bits per heavy atom. The van der Waals surface area contributed by atoms with Crippen molar-refractivity contribution in [2.45, 2.75) is 58.2 Å². The molecule has 126 valence electrons. The molecule has 1 heterocycles. The summed E-state index contributed by atoms with van der Waals surface area (Å²) >= 11 is 0. The van der Waals surface area contributed by atoms with E-state index in [0.717, 1.165) is 6.54 Å². The summed E-state index contributed by atoms with van der Waals surface area (Å²) in [5.74, 6) is 1.66. The first-order valence-corrected chi connectivity index (χ1v) is 8.86. The molecule has 23 heavy (non-hydrogen) atoms. The Balaban J connectivity index is 1.73. The first-order chi connectivity index (χ1) is 10.8. The van der Waals surface area contributed by atoms with Gasteiger partial charge in [-0.1, -0.05) is 45.0 Å². The van der Waals surface area contributed by atoms with Crippen LogP contribution in [0.5, 0.6) is 0 Å². The monoisotopic (exact) mass is 315 g/mol. The third-order valence-electron chi connectivity index (χ3n) is 5.55. The third kappa shape index (κ3) is 3.09. The molecule has 1 aromatic carbocycles. The summed E-state index contributed by atoms with van der Waals surface area (Å²) in [6, 6.07) is 8.81. The van der Waals surface area contributed by atoms with Crippen LogP contribution in [-0.4, -0.2) is 30.6 Å². The standard InChI is InChI=1S/C20H29NO2/c1-12(2)15-6-8-16(9-7-15)17-14(4)18(17)19(22)20(5)11-21-10-13(3)23-20/h6-9,12-14,17-18,21H,10-11H2,1-5H3. The number of hydrogen-bond acceptors (Lipinski definition) is 3. The van der Waals surface area contributed by atoms with Gasteiger partial charge < -0.3 is 10.1 Å². The molecule has 0 amide bonds. The highest BCUT2D eigenvalue weighted by atomic mass is 16.5. The molecule has 1 aliphatic heterocycles. The summed E-state index contributed by atoms with van der Waals surface area (Å²) in [6.45, 7) is 12.0. The number of carbonyl (C=O) groups excluding carboxylic acids is 1. The van der Waals surface area contributed by atoms with Crippen molar-refractivity contribution in [2.75, 3.05) is 13.1 Å². The molecular formula is C20H29NO2. The van der Waals surface area contributed by atoms with E-state index in [1.54, 1.807) is 0 Å². The third-order valence-corrected chi connectivity index (χ3v) is 5.55. The fraction of sp³-hybridized carbons (Fsp3) is 0.650. The Hall–Kier alpha value is -1.19. The molecule has 3 heteroatoms. The fourth-order valence-corrected chi connectivity index (χ4v) is 4.02. The Bertz CT molecular complexity index is 580. The average Bonchev–Trinajstić information content (AvgIpc) is 3.17. The maximum Gasteiger partial charge on any atom is 0.169 e. The SMILES string of the molecule is CC1CNCC(C)(C(=O)C2C(C)C2c2ccc(C(C)C)cc2)O1. The molecule has 2 aliphatic rings. The first kappa shape index (κ1) is 16.7. The molecule has 3 rings (SSSR count). The second-order valence-corrected chi connectivity index (χ2v) is 7.89. The van der Waals surface area contributed by atoms with E-state index in [4.69, 9.17) is 4.74 Å². The zero-order valence-electron chi connectivity index (χ0n) is 14.9. The van der Waals surface area contributed by atoms with Crippen LogP contribution >= 0.6 is 0 Å². The molecule has 1 aliphatic carbocycles. The predicted molar refractivity (Wildman–Crippen MR) is 92.8 cm³/mol. The van der Waals surface area contributed by atoms with Crippen molar-refractivity contribution in [3.63, 3.8) is 0 Å². The van der Waals surface area contributed by atoms with Crippen LogP contribution in [0.25, 0.3) is 0 Å². The van der Waals surface area contributed by atoms with Crippen LogP contribution in [0.1, 0.15) is 57.6 Å². The van der Waals surface area contributed by atoms with Gasteiger partial charge in [0.05, 0.1) is 6.10 Å². The van der Waals surface area contributed by atoms with Crippen LogP contribution in [0.15, 0.2) is 24.3 Å². The van der Waals surface area contributed by atoms with Gasteiger partial charge in [0.2, 0.25) is 0 Å². The van der Waals surface area contributed by atoms with Crippen molar-refractivity contribution in [3.05, 3.63) is 35.4 Å². The van der Waals surface area contributed by atoms with E-state index in [1.807, 2.05) is 13.8 Å². The number of hydrogen-bond donors (Lipinski definition) is 1. The summed E-state index contributed by atoms with van der Waals surface area (Å²) < 4.78 is 6.01. The zero-order valence-corrected chi connectivity index (χ0v) is 14.9. The van der Waals surface area contributed by atoms with E-state index < -0.39 is 5.60 Å². The number of ether oxygens (including phenoxy) is 1. The highest BCUT2D eigenvalue weighted by Gasteiger charge is 2.57. The Labute approximate surface area is 139 Å². The lowest BCUT2D eigenvalue weighted by atomic mass is 9.92. The Morgan fingerprint density at radius 2 is 1.91 bits per heavy atom. The molecule has 5 atom stereocenters. The molecule has 3 nitrogen and oxygen atoms in total. The van der Waals surface area contributed by atoms with Gasteiger partial charge in [0.1, 0.15) is 5.60 Å². The lowest BCUT2D eigenvalue weighted by Crippen LogP contribution is -2.56. The summed E-state index contributed by atoms with van der Waals surface area (Å²) in [6.07, 6.45) is 0.0931. The predicted octanol–water partition coefficient (Wildman–Crippen LogP) is 3.50. The molecule has 1 saturated heterocycles. The average molecular weight is 315 g/mol. The molecule has 0 radical (unpaired) electrons. The van der Waals surface area contributed by atoms with E-state index in [9.17, 15) is 4.79 Å². The van der Waals surface area contributed by atoms with Gasteiger partial charge in [-0.05, 0) is 42.7 Å². The van der Waals surface area contributed by atoms with Crippen molar-refractivity contribution < 1.29 is 9.53 Å². The largest absolute Gasteiger partial charge is 0.362 e. The van der Waals surface area contributed by atoms with Gasteiger partial charge in [0, 0.05) is 19.0 Å². The molecule has 0 aromatic heterocycles. The first-order valence-electron chi connectivity index (χ1n) is 8.86. The van der Waals surface area contributed by atoms with Crippen LogP contribution in [0, 0.1) is 11.8 Å². The van der Waals surface area contributed by atoms with E-state index in [2.05, 4.69) is 50.4 Å². The molecule has 0 bridgehead atoms. The fourth-order valence-electron chi connectivity index (χ4n) is 4.02. The minimum Gasteiger partial charge on any atom is -0.362 e. The summed E-state index contributed by atoms with van der Waals surface area (Å²) in [7, 11) is 0. The van der Waals surface area contributed by atoms with E-state index in [0.29, 0.717) is 24.3 Å². The number of nitrogens with one attached hydrogen (secondary N) is 1. The van der Waals surface area contributed by atoms with E-state index >= 15 is 0 Å².